The number of fused-ring (bicyclic) bond motifs is 1. The van der Waals surface area contributed by atoms with Crippen molar-refractivity contribution in [3.05, 3.63) is 60.7 Å². The summed E-state index contributed by atoms with van der Waals surface area (Å²) in [7, 11) is 1.75. The van der Waals surface area contributed by atoms with Gasteiger partial charge in [0, 0.05) is 23.4 Å². The Labute approximate surface area is 194 Å². The lowest BCUT2D eigenvalue weighted by atomic mass is 10.1. The fraction of sp³-hybridized carbons (Fsp3) is 0.360. The minimum Gasteiger partial charge on any atom is -0.489 e. The van der Waals surface area contributed by atoms with E-state index in [1.807, 2.05) is 44.2 Å². The molecule has 0 atom stereocenters. The molecule has 1 aliphatic heterocycles. The number of nitrogens with zero attached hydrogens (tertiary/aromatic N) is 2. The van der Waals surface area contributed by atoms with Crippen LogP contribution in [0.15, 0.2) is 55.1 Å². The molecule has 33 heavy (non-hydrogen) atoms. The molecule has 0 spiro atoms. The third kappa shape index (κ3) is 6.73. The minimum absolute atomic E-state index is 0.0406. The average Bonchev–Trinajstić information content (AvgIpc) is 3.23. The largest absolute Gasteiger partial charge is 0.489 e. The van der Waals surface area contributed by atoms with Crippen LogP contribution in [-0.2, 0) is 16.1 Å². The van der Waals surface area contributed by atoms with Crippen LogP contribution in [0.1, 0.15) is 19.4 Å². The summed E-state index contributed by atoms with van der Waals surface area (Å²) in [6.07, 6.45) is 1.68. The van der Waals surface area contributed by atoms with Gasteiger partial charge in [-0.05, 0) is 39.1 Å². The molecule has 3 rings (SSSR count). The number of anilines is 1. The molecule has 2 aromatic carbocycles. The Morgan fingerprint density at radius 3 is 2.67 bits per heavy atom. The predicted molar refractivity (Wildman–Crippen MR) is 127 cm³/mol. The van der Waals surface area contributed by atoms with E-state index in [0.29, 0.717) is 29.5 Å². The molecule has 1 heterocycles. The van der Waals surface area contributed by atoms with E-state index in [4.69, 9.17) is 14.2 Å². The van der Waals surface area contributed by atoms with Gasteiger partial charge in [-0.15, -0.1) is 0 Å². The molecule has 176 valence electrons. The van der Waals surface area contributed by atoms with Crippen LogP contribution >= 0.6 is 0 Å². The van der Waals surface area contributed by atoms with Crippen LogP contribution in [0.5, 0.6) is 17.2 Å². The van der Waals surface area contributed by atoms with Crippen LogP contribution < -0.4 is 24.4 Å². The van der Waals surface area contributed by atoms with Gasteiger partial charge in [0.2, 0.25) is 18.6 Å². The molecule has 0 bridgehead atoms. The summed E-state index contributed by atoms with van der Waals surface area (Å²) in [5.41, 5.74) is 1.52. The Bertz CT molecular complexity index is 992. The van der Waals surface area contributed by atoms with Gasteiger partial charge in [0.15, 0.2) is 11.5 Å². The van der Waals surface area contributed by atoms with Crippen molar-refractivity contribution < 1.29 is 23.8 Å². The van der Waals surface area contributed by atoms with Crippen LogP contribution in [0.2, 0.25) is 0 Å². The molecule has 2 amide bonds. The first-order chi connectivity index (χ1) is 15.9. The second-order valence-corrected chi connectivity index (χ2v) is 8.12. The van der Waals surface area contributed by atoms with Crippen molar-refractivity contribution in [3.63, 3.8) is 0 Å². The second-order valence-electron chi connectivity index (χ2n) is 8.12. The molecule has 0 saturated heterocycles. The number of carbonyl (C=O) groups is 2. The maximum atomic E-state index is 13.4. The fourth-order valence-corrected chi connectivity index (χ4v) is 3.46. The quantitative estimate of drug-likeness (QED) is 0.527. The number of likely N-dealkylation sites (N-methyl/N-ethyl adjacent to an activating group) is 1. The third-order valence-electron chi connectivity index (χ3n) is 4.89. The molecular weight excluding hydrogens is 422 g/mol. The van der Waals surface area contributed by atoms with Crippen molar-refractivity contribution in [2.45, 2.75) is 26.4 Å². The molecule has 0 fully saturated rings. The molecule has 0 aliphatic carbocycles. The number of hydrogen-bond donors (Lipinski definition) is 1. The van der Waals surface area contributed by atoms with Crippen LogP contribution in [-0.4, -0.2) is 56.3 Å². The fourth-order valence-electron chi connectivity index (χ4n) is 3.46. The number of amides is 2. The number of carbonyl (C=O) groups excluding carboxylic acids is 2. The molecule has 2 aromatic rings. The van der Waals surface area contributed by atoms with Crippen molar-refractivity contribution in [1.29, 1.82) is 0 Å². The zero-order valence-electron chi connectivity index (χ0n) is 19.4. The minimum atomic E-state index is -0.160. The summed E-state index contributed by atoms with van der Waals surface area (Å²) >= 11 is 0. The Morgan fingerprint density at radius 1 is 1.15 bits per heavy atom. The van der Waals surface area contributed by atoms with E-state index >= 15 is 0 Å². The van der Waals surface area contributed by atoms with Gasteiger partial charge in [-0.1, -0.05) is 30.9 Å². The summed E-state index contributed by atoms with van der Waals surface area (Å²) in [6.45, 7) is 8.49. The van der Waals surface area contributed by atoms with Gasteiger partial charge in [0.25, 0.3) is 0 Å². The van der Waals surface area contributed by atoms with Gasteiger partial charge in [-0.2, -0.15) is 0 Å². The summed E-state index contributed by atoms with van der Waals surface area (Å²) in [4.78, 5) is 28.9. The molecule has 1 aliphatic rings. The van der Waals surface area contributed by atoms with Crippen LogP contribution in [0.3, 0.4) is 0 Å². The first kappa shape index (κ1) is 24.1. The van der Waals surface area contributed by atoms with E-state index < -0.39 is 0 Å². The highest BCUT2D eigenvalue weighted by Crippen LogP contribution is 2.36. The standard InChI is InChI=1S/C25H31N3O5/c1-5-12-31-21-9-7-6-8-19(21)14-28(20-10-11-22-23(13-20)33-17-32-22)25(30)16-27(4)15-24(29)26-18(2)3/h5-11,13,18H,1,12,14-17H2,2-4H3,(H,26,29). The SMILES string of the molecule is C=CCOc1ccccc1CN(C(=O)CN(C)CC(=O)NC(C)C)c1ccc2c(c1)OCO2. The number of hydrogen-bond acceptors (Lipinski definition) is 6. The summed E-state index contributed by atoms with van der Waals surface area (Å²) in [5.74, 6) is 1.63. The number of nitrogens with one attached hydrogen (secondary N) is 1. The molecular formula is C25H31N3O5. The first-order valence-electron chi connectivity index (χ1n) is 10.9. The van der Waals surface area contributed by atoms with Gasteiger partial charge in [-0.3, -0.25) is 14.5 Å². The first-order valence-corrected chi connectivity index (χ1v) is 10.9. The predicted octanol–water partition coefficient (Wildman–Crippen LogP) is 2.97. The maximum absolute atomic E-state index is 13.4. The van der Waals surface area contributed by atoms with E-state index in [1.165, 1.54) is 0 Å². The van der Waals surface area contributed by atoms with Crippen LogP contribution in [0.4, 0.5) is 5.69 Å². The van der Waals surface area contributed by atoms with Gasteiger partial charge in [-0.25, -0.2) is 0 Å². The third-order valence-corrected chi connectivity index (χ3v) is 4.89. The van der Waals surface area contributed by atoms with Crippen molar-refractivity contribution in [2.75, 3.05) is 38.4 Å². The highest BCUT2D eigenvalue weighted by atomic mass is 16.7. The van der Waals surface area contributed by atoms with E-state index in [1.54, 1.807) is 35.1 Å². The summed E-state index contributed by atoms with van der Waals surface area (Å²) in [6, 6.07) is 13.0. The molecule has 8 nitrogen and oxygen atoms in total. The lowest BCUT2D eigenvalue weighted by Gasteiger charge is -2.27. The van der Waals surface area contributed by atoms with Crippen LogP contribution in [0, 0.1) is 0 Å². The van der Waals surface area contributed by atoms with Gasteiger partial charge in [0.05, 0.1) is 19.6 Å². The molecule has 0 aromatic heterocycles. The van der Waals surface area contributed by atoms with Crippen molar-refractivity contribution in [2.24, 2.45) is 0 Å². The van der Waals surface area contributed by atoms with Crippen molar-refractivity contribution in [1.82, 2.24) is 10.2 Å². The Kier molecular flexibility index (Phi) is 8.32. The molecule has 0 unspecified atom stereocenters. The zero-order valence-corrected chi connectivity index (χ0v) is 19.4. The normalized spacial score (nSPS) is 12.0. The molecule has 1 N–H and O–H groups in total. The number of rotatable bonds is 11. The molecule has 0 saturated carbocycles. The second kappa shape index (κ2) is 11.4. The number of benzene rings is 2. The van der Waals surface area contributed by atoms with Crippen molar-refractivity contribution in [3.8, 4) is 17.2 Å². The Morgan fingerprint density at radius 2 is 1.91 bits per heavy atom. The number of para-hydroxylation sites is 1. The Balaban J connectivity index is 1.82. The van der Waals surface area contributed by atoms with E-state index in [-0.39, 0.29) is 44.3 Å². The van der Waals surface area contributed by atoms with Gasteiger partial charge >= 0.3 is 0 Å². The summed E-state index contributed by atoms with van der Waals surface area (Å²) < 4.78 is 16.7. The monoisotopic (exact) mass is 453 g/mol. The smallest absolute Gasteiger partial charge is 0.241 e. The average molecular weight is 454 g/mol. The highest BCUT2D eigenvalue weighted by molar-refractivity contribution is 5.95. The lowest BCUT2D eigenvalue weighted by molar-refractivity contribution is -0.123. The van der Waals surface area contributed by atoms with E-state index in [0.717, 1.165) is 5.56 Å². The molecule has 8 heteroatoms. The maximum Gasteiger partial charge on any atom is 0.241 e. The van der Waals surface area contributed by atoms with Gasteiger partial charge < -0.3 is 24.4 Å². The molecule has 0 radical (unpaired) electrons. The Hall–Kier alpha value is -3.52. The van der Waals surface area contributed by atoms with E-state index in [2.05, 4.69) is 11.9 Å². The topological polar surface area (TPSA) is 80.3 Å². The lowest BCUT2D eigenvalue weighted by Crippen LogP contribution is -2.43. The highest BCUT2D eigenvalue weighted by Gasteiger charge is 2.23. The van der Waals surface area contributed by atoms with Crippen molar-refractivity contribution >= 4 is 17.5 Å². The van der Waals surface area contributed by atoms with Crippen LogP contribution in [0.25, 0.3) is 0 Å². The summed E-state index contributed by atoms with van der Waals surface area (Å²) in [5, 5.41) is 2.84. The van der Waals surface area contributed by atoms with E-state index in [9.17, 15) is 9.59 Å². The zero-order chi connectivity index (χ0) is 23.8. The number of ether oxygens (including phenoxy) is 3. The van der Waals surface area contributed by atoms with Gasteiger partial charge in [0.1, 0.15) is 12.4 Å².